The van der Waals surface area contributed by atoms with Gasteiger partial charge >= 0.3 is 0 Å². The maximum atomic E-state index is 13.8. The summed E-state index contributed by atoms with van der Waals surface area (Å²) in [7, 11) is 2.17. The highest BCUT2D eigenvalue weighted by atomic mass is 35.5. The lowest BCUT2D eigenvalue weighted by Gasteiger charge is -2.37. The molecule has 1 N–H and O–H groups in total. The molecule has 2 bridgehead atoms. The van der Waals surface area contributed by atoms with Crippen LogP contribution in [0.25, 0.3) is 16.9 Å². The Kier molecular flexibility index (Phi) is 7.44. The SMILES string of the molecule is CN1C2CCC1CC(NC(=O)C(Cc1ccccc1)n1cnc(-c3cc(Cl)ccc3-n3cc(Cl)nn3)cc1=O)C2. The van der Waals surface area contributed by atoms with Crippen LogP contribution in [0.1, 0.15) is 37.3 Å². The number of hydrogen-bond acceptors (Lipinski definition) is 6. The molecule has 3 atom stereocenters. The molecule has 2 saturated heterocycles. The van der Waals surface area contributed by atoms with Crippen LogP contribution < -0.4 is 10.9 Å². The zero-order valence-electron chi connectivity index (χ0n) is 22.0. The smallest absolute Gasteiger partial charge is 0.254 e. The molecule has 2 aliphatic rings. The van der Waals surface area contributed by atoms with Crippen molar-refractivity contribution >= 4 is 29.1 Å². The molecular weight excluding hydrogens is 549 g/mol. The molecule has 11 heteroatoms. The summed E-state index contributed by atoms with van der Waals surface area (Å²) in [6, 6.07) is 16.7. The minimum absolute atomic E-state index is 0.0888. The van der Waals surface area contributed by atoms with Crippen molar-refractivity contribution in [2.45, 2.75) is 56.3 Å². The number of nitrogens with zero attached hydrogens (tertiary/aromatic N) is 6. The van der Waals surface area contributed by atoms with E-state index in [-0.39, 0.29) is 22.7 Å². The average molecular weight is 579 g/mol. The Labute approximate surface area is 241 Å². The fourth-order valence-corrected chi connectivity index (χ4v) is 6.35. The molecule has 40 heavy (non-hydrogen) atoms. The predicted molar refractivity (Wildman–Crippen MR) is 154 cm³/mol. The number of nitrogens with one attached hydrogen (secondary N) is 1. The molecule has 3 unspecified atom stereocenters. The first-order valence-corrected chi connectivity index (χ1v) is 14.1. The Morgan fingerprint density at radius 2 is 1.82 bits per heavy atom. The van der Waals surface area contributed by atoms with Crippen molar-refractivity contribution in [3.63, 3.8) is 0 Å². The van der Waals surface area contributed by atoms with E-state index in [4.69, 9.17) is 23.2 Å². The summed E-state index contributed by atoms with van der Waals surface area (Å²) in [6.07, 6.45) is 7.55. The van der Waals surface area contributed by atoms with E-state index in [0.717, 1.165) is 31.2 Å². The number of fused-ring (bicyclic) bond motifs is 2. The molecule has 6 rings (SSSR count). The van der Waals surface area contributed by atoms with Gasteiger partial charge < -0.3 is 10.2 Å². The van der Waals surface area contributed by atoms with Crippen LogP contribution in [-0.2, 0) is 11.2 Å². The van der Waals surface area contributed by atoms with E-state index >= 15 is 0 Å². The van der Waals surface area contributed by atoms with E-state index in [1.807, 2.05) is 30.3 Å². The molecule has 2 aromatic heterocycles. The maximum Gasteiger partial charge on any atom is 0.254 e. The van der Waals surface area contributed by atoms with Crippen molar-refractivity contribution in [3.05, 3.63) is 93.2 Å². The van der Waals surface area contributed by atoms with Crippen molar-refractivity contribution in [1.82, 2.24) is 34.8 Å². The van der Waals surface area contributed by atoms with Gasteiger partial charge in [-0.15, -0.1) is 5.10 Å². The lowest BCUT2D eigenvalue weighted by atomic mass is 9.97. The Morgan fingerprint density at radius 1 is 1.07 bits per heavy atom. The quantitative estimate of drug-likeness (QED) is 0.351. The number of piperidine rings is 1. The molecule has 4 aromatic rings. The normalized spacial score (nSPS) is 21.3. The van der Waals surface area contributed by atoms with Crippen LogP contribution in [0.4, 0.5) is 0 Å². The van der Waals surface area contributed by atoms with Gasteiger partial charge in [0.15, 0.2) is 5.15 Å². The van der Waals surface area contributed by atoms with Crippen LogP contribution in [0.5, 0.6) is 0 Å². The van der Waals surface area contributed by atoms with Crippen LogP contribution >= 0.6 is 23.2 Å². The van der Waals surface area contributed by atoms with Gasteiger partial charge in [-0.3, -0.25) is 14.2 Å². The lowest BCUT2D eigenvalue weighted by molar-refractivity contribution is -0.125. The standard InChI is InChI=1S/C29H29Cl2N7O2/c1-36-21-8-9-22(36)14-20(13-21)33-29(40)26(11-18-5-3-2-4-6-18)37-17-32-24(15-28(37)39)23-12-19(30)7-10-25(23)38-16-27(31)34-35-38/h2-7,10,12,15-17,20-22,26H,8-9,11,13-14H2,1H3,(H,33,40). The first-order chi connectivity index (χ1) is 19.4. The number of carbonyl (C=O) groups is 1. The van der Waals surface area contributed by atoms with Gasteiger partial charge in [0.1, 0.15) is 6.04 Å². The zero-order chi connectivity index (χ0) is 27.8. The van der Waals surface area contributed by atoms with Crippen molar-refractivity contribution in [3.8, 4) is 16.9 Å². The summed E-state index contributed by atoms with van der Waals surface area (Å²) in [5, 5.41) is 11.9. The van der Waals surface area contributed by atoms with E-state index in [9.17, 15) is 9.59 Å². The predicted octanol–water partition coefficient (Wildman–Crippen LogP) is 4.32. The molecule has 0 saturated carbocycles. The minimum Gasteiger partial charge on any atom is -0.351 e. The third kappa shape index (κ3) is 5.41. The highest BCUT2D eigenvalue weighted by Crippen LogP contribution is 2.34. The van der Waals surface area contributed by atoms with Crippen LogP contribution in [-0.4, -0.2) is 60.5 Å². The number of halogens is 2. The van der Waals surface area contributed by atoms with E-state index in [0.29, 0.717) is 40.5 Å². The van der Waals surface area contributed by atoms with E-state index in [1.165, 1.54) is 21.6 Å². The first-order valence-electron chi connectivity index (χ1n) is 13.4. The molecule has 0 radical (unpaired) electrons. The molecular formula is C29H29Cl2N7O2. The Morgan fingerprint density at radius 3 is 2.50 bits per heavy atom. The van der Waals surface area contributed by atoms with Gasteiger partial charge in [0.2, 0.25) is 5.91 Å². The Balaban J connectivity index is 1.32. The average Bonchev–Trinajstić information content (AvgIpc) is 3.45. The van der Waals surface area contributed by atoms with Gasteiger partial charge in [-0.1, -0.05) is 58.7 Å². The third-order valence-electron chi connectivity index (χ3n) is 8.14. The molecule has 2 aliphatic heterocycles. The molecule has 1 amide bonds. The lowest BCUT2D eigenvalue weighted by Crippen LogP contribution is -2.50. The van der Waals surface area contributed by atoms with E-state index in [2.05, 4.69) is 32.6 Å². The largest absolute Gasteiger partial charge is 0.351 e. The summed E-state index contributed by atoms with van der Waals surface area (Å²) in [4.78, 5) is 34.4. The monoisotopic (exact) mass is 577 g/mol. The molecule has 0 aliphatic carbocycles. The van der Waals surface area contributed by atoms with Crippen molar-refractivity contribution in [1.29, 1.82) is 0 Å². The summed E-state index contributed by atoms with van der Waals surface area (Å²) >= 11 is 12.3. The van der Waals surface area contributed by atoms with Gasteiger partial charge in [-0.25, -0.2) is 9.67 Å². The Hall–Kier alpha value is -3.53. The highest BCUT2D eigenvalue weighted by molar-refractivity contribution is 6.31. The van der Waals surface area contributed by atoms with Gasteiger partial charge in [-0.2, -0.15) is 0 Å². The number of benzene rings is 2. The third-order valence-corrected chi connectivity index (χ3v) is 8.55. The second-order valence-electron chi connectivity index (χ2n) is 10.6. The van der Waals surface area contributed by atoms with Gasteiger partial charge in [0.25, 0.3) is 5.56 Å². The molecule has 9 nitrogen and oxygen atoms in total. The van der Waals surface area contributed by atoms with Crippen molar-refractivity contribution in [2.24, 2.45) is 0 Å². The maximum absolute atomic E-state index is 13.8. The fourth-order valence-electron chi connectivity index (χ4n) is 6.05. The second-order valence-corrected chi connectivity index (χ2v) is 11.4. The molecule has 4 heterocycles. The van der Waals surface area contributed by atoms with Crippen LogP contribution in [0, 0.1) is 0 Å². The van der Waals surface area contributed by atoms with E-state index < -0.39 is 6.04 Å². The highest BCUT2D eigenvalue weighted by Gasteiger charge is 2.39. The fraction of sp³-hybridized carbons (Fsp3) is 0.345. The molecule has 2 fully saturated rings. The van der Waals surface area contributed by atoms with Crippen molar-refractivity contribution < 1.29 is 4.79 Å². The molecule has 2 aromatic carbocycles. The van der Waals surface area contributed by atoms with Gasteiger partial charge in [0.05, 0.1) is 23.9 Å². The summed E-state index contributed by atoms with van der Waals surface area (Å²) in [6.45, 7) is 0. The molecule has 206 valence electrons. The Bertz CT molecular complexity index is 1570. The number of aromatic nitrogens is 5. The van der Waals surface area contributed by atoms with Gasteiger partial charge in [-0.05, 0) is 56.5 Å². The van der Waals surface area contributed by atoms with Crippen molar-refractivity contribution in [2.75, 3.05) is 7.05 Å². The first kappa shape index (κ1) is 26.7. The van der Waals surface area contributed by atoms with Crippen LogP contribution in [0.3, 0.4) is 0 Å². The second kappa shape index (κ2) is 11.2. The number of carbonyl (C=O) groups excluding carboxylic acids is 1. The number of amides is 1. The van der Waals surface area contributed by atoms with Crippen LogP contribution in [0.15, 0.2) is 71.9 Å². The molecule has 0 spiro atoms. The summed E-state index contributed by atoms with van der Waals surface area (Å²) in [5.41, 5.74) is 2.22. The number of hydrogen-bond donors (Lipinski definition) is 1. The summed E-state index contributed by atoms with van der Waals surface area (Å²) < 4.78 is 2.92. The minimum atomic E-state index is -0.748. The zero-order valence-corrected chi connectivity index (χ0v) is 23.5. The summed E-state index contributed by atoms with van der Waals surface area (Å²) in [5.74, 6) is -0.171. The van der Waals surface area contributed by atoms with Gasteiger partial charge in [0, 0.05) is 41.2 Å². The van der Waals surface area contributed by atoms with Crippen LogP contribution in [0.2, 0.25) is 10.2 Å². The number of rotatable bonds is 7. The van der Waals surface area contributed by atoms with E-state index in [1.54, 1.807) is 24.4 Å². The topological polar surface area (TPSA) is 97.9 Å².